The van der Waals surface area contributed by atoms with E-state index in [4.69, 9.17) is 0 Å². The van der Waals surface area contributed by atoms with Crippen molar-refractivity contribution < 1.29 is 18.0 Å². The summed E-state index contributed by atoms with van der Waals surface area (Å²) in [5.41, 5.74) is 0.565. The van der Waals surface area contributed by atoms with Crippen molar-refractivity contribution in [1.82, 2.24) is 20.1 Å². The SMILES string of the molecule is Cn1cnnc1[C@]1(c2cccc(N3Cc4c(cc(CNC5(C)CCC5)cc4C(F)(F)F)C3=O)c2)C[C@@H](C#N)C1. The van der Waals surface area contributed by atoms with Crippen molar-refractivity contribution in [3.8, 4) is 6.07 Å². The van der Waals surface area contributed by atoms with E-state index in [1.165, 1.54) is 11.0 Å². The van der Waals surface area contributed by atoms with Crippen molar-refractivity contribution in [1.29, 1.82) is 5.26 Å². The molecule has 3 aromatic rings. The van der Waals surface area contributed by atoms with E-state index >= 15 is 0 Å². The first-order chi connectivity index (χ1) is 18.5. The zero-order valence-electron chi connectivity index (χ0n) is 21.8. The van der Waals surface area contributed by atoms with E-state index in [1.807, 2.05) is 23.7 Å². The molecule has 6 rings (SSSR count). The molecule has 2 saturated carbocycles. The summed E-state index contributed by atoms with van der Waals surface area (Å²) in [5.74, 6) is 0.144. The number of aryl methyl sites for hydroxylation is 1. The second-order valence-corrected chi connectivity index (χ2v) is 11.5. The predicted octanol–water partition coefficient (Wildman–Crippen LogP) is 5.25. The van der Waals surface area contributed by atoms with E-state index < -0.39 is 23.1 Å². The third kappa shape index (κ3) is 4.20. The molecule has 0 saturated heterocycles. The lowest BCUT2D eigenvalue weighted by atomic mass is 9.58. The van der Waals surface area contributed by atoms with Crippen LogP contribution in [0.25, 0.3) is 0 Å². The van der Waals surface area contributed by atoms with E-state index in [1.54, 1.807) is 24.5 Å². The summed E-state index contributed by atoms with van der Waals surface area (Å²) in [6, 6.07) is 12.4. The third-order valence-electron chi connectivity index (χ3n) is 8.81. The van der Waals surface area contributed by atoms with Gasteiger partial charge in [0, 0.05) is 36.3 Å². The fraction of sp³-hybridized carbons (Fsp3) is 0.448. The summed E-state index contributed by atoms with van der Waals surface area (Å²) in [4.78, 5) is 15.0. The lowest BCUT2D eigenvalue weighted by molar-refractivity contribution is -0.138. The van der Waals surface area contributed by atoms with Gasteiger partial charge in [0.05, 0.1) is 23.6 Å². The van der Waals surface area contributed by atoms with Crippen molar-refractivity contribution in [3.63, 3.8) is 0 Å². The van der Waals surface area contributed by atoms with Crippen LogP contribution in [-0.4, -0.2) is 26.2 Å². The fourth-order valence-electron chi connectivity index (χ4n) is 6.34. The van der Waals surface area contributed by atoms with Gasteiger partial charge in [0.1, 0.15) is 12.2 Å². The molecule has 1 aliphatic heterocycles. The van der Waals surface area contributed by atoms with Crippen LogP contribution in [0.2, 0.25) is 0 Å². The van der Waals surface area contributed by atoms with Crippen molar-refractivity contribution >= 4 is 11.6 Å². The first-order valence-corrected chi connectivity index (χ1v) is 13.2. The monoisotopic (exact) mass is 534 g/mol. The second-order valence-electron chi connectivity index (χ2n) is 11.5. The van der Waals surface area contributed by atoms with Gasteiger partial charge < -0.3 is 14.8 Å². The number of hydrogen-bond acceptors (Lipinski definition) is 5. The molecule has 2 fully saturated rings. The molecule has 3 aliphatic rings. The van der Waals surface area contributed by atoms with Crippen LogP contribution in [0.3, 0.4) is 0 Å². The van der Waals surface area contributed by atoms with Gasteiger partial charge in [-0.2, -0.15) is 18.4 Å². The molecule has 202 valence electrons. The molecule has 39 heavy (non-hydrogen) atoms. The molecule has 1 aromatic heterocycles. The number of hydrogen-bond donors (Lipinski definition) is 1. The maximum absolute atomic E-state index is 14.2. The molecule has 0 radical (unpaired) electrons. The quantitative estimate of drug-likeness (QED) is 0.467. The Hall–Kier alpha value is -3.71. The average Bonchev–Trinajstić information content (AvgIpc) is 3.44. The largest absolute Gasteiger partial charge is 0.416 e. The predicted molar refractivity (Wildman–Crippen MR) is 138 cm³/mol. The van der Waals surface area contributed by atoms with Crippen LogP contribution in [0.5, 0.6) is 0 Å². The van der Waals surface area contributed by atoms with Crippen LogP contribution in [0, 0.1) is 17.2 Å². The van der Waals surface area contributed by atoms with Gasteiger partial charge in [-0.25, -0.2) is 0 Å². The Morgan fingerprint density at radius 1 is 1.21 bits per heavy atom. The van der Waals surface area contributed by atoms with Crippen LogP contribution in [0.1, 0.15) is 77.5 Å². The molecule has 0 atom stereocenters. The zero-order valence-corrected chi connectivity index (χ0v) is 21.8. The number of nitrogens with one attached hydrogen (secondary N) is 1. The number of rotatable bonds is 6. The van der Waals surface area contributed by atoms with E-state index in [2.05, 4.69) is 28.5 Å². The van der Waals surface area contributed by atoms with Crippen LogP contribution in [0.4, 0.5) is 18.9 Å². The van der Waals surface area contributed by atoms with Crippen LogP contribution >= 0.6 is 0 Å². The van der Waals surface area contributed by atoms with E-state index in [0.717, 1.165) is 30.7 Å². The van der Waals surface area contributed by atoms with Gasteiger partial charge in [-0.15, -0.1) is 10.2 Å². The molecule has 1 N–H and O–H groups in total. The molecule has 2 aromatic carbocycles. The summed E-state index contributed by atoms with van der Waals surface area (Å²) in [6.45, 7) is 2.19. The second kappa shape index (κ2) is 8.91. The minimum absolute atomic E-state index is 0.00714. The Balaban J connectivity index is 1.34. The molecule has 1 amide bonds. The molecule has 10 heteroatoms. The zero-order chi connectivity index (χ0) is 27.6. The summed E-state index contributed by atoms with van der Waals surface area (Å²) >= 11 is 0. The fourth-order valence-corrected chi connectivity index (χ4v) is 6.34. The smallest absolute Gasteiger partial charge is 0.320 e. The molecule has 0 unspecified atom stereocenters. The van der Waals surface area contributed by atoms with Crippen molar-refractivity contribution in [2.75, 3.05) is 4.90 Å². The number of nitriles is 1. The van der Waals surface area contributed by atoms with Crippen LogP contribution < -0.4 is 10.2 Å². The van der Waals surface area contributed by atoms with Crippen molar-refractivity contribution in [2.45, 2.75) is 69.2 Å². The highest BCUT2D eigenvalue weighted by Gasteiger charge is 2.50. The van der Waals surface area contributed by atoms with Gasteiger partial charge in [-0.1, -0.05) is 12.1 Å². The summed E-state index contributed by atoms with van der Waals surface area (Å²) in [6.07, 6.45) is 1.21. The summed E-state index contributed by atoms with van der Waals surface area (Å²) < 4.78 is 44.4. The number of benzene rings is 2. The number of aromatic nitrogens is 3. The highest BCUT2D eigenvalue weighted by molar-refractivity contribution is 6.10. The van der Waals surface area contributed by atoms with E-state index in [-0.39, 0.29) is 35.7 Å². The Bertz CT molecular complexity index is 1490. The number of anilines is 1. The topological polar surface area (TPSA) is 86.8 Å². The summed E-state index contributed by atoms with van der Waals surface area (Å²) in [7, 11) is 1.84. The van der Waals surface area contributed by atoms with Gasteiger partial charge in [-0.05, 0) is 80.0 Å². The number of carbonyl (C=O) groups is 1. The van der Waals surface area contributed by atoms with Crippen LogP contribution in [0.15, 0.2) is 42.7 Å². The van der Waals surface area contributed by atoms with Gasteiger partial charge in [-0.3, -0.25) is 4.79 Å². The van der Waals surface area contributed by atoms with Crippen molar-refractivity contribution in [3.05, 3.63) is 76.4 Å². The first kappa shape index (κ1) is 25.6. The lowest BCUT2D eigenvalue weighted by Crippen LogP contribution is -2.47. The summed E-state index contributed by atoms with van der Waals surface area (Å²) in [5, 5.41) is 21.2. The minimum atomic E-state index is -4.58. The molecule has 2 heterocycles. The number of alkyl halides is 3. The number of halogens is 3. The molecule has 0 bridgehead atoms. The highest BCUT2D eigenvalue weighted by Crippen LogP contribution is 2.52. The molecule has 2 aliphatic carbocycles. The van der Waals surface area contributed by atoms with E-state index in [0.29, 0.717) is 24.1 Å². The van der Waals surface area contributed by atoms with Gasteiger partial charge in [0.15, 0.2) is 0 Å². The minimum Gasteiger partial charge on any atom is -0.320 e. The first-order valence-electron chi connectivity index (χ1n) is 13.2. The van der Waals surface area contributed by atoms with Gasteiger partial charge >= 0.3 is 6.18 Å². The Labute approximate surface area is 224 Å². The maximum Gasteiger partial charge on any atom is 0.416 e. The highest BCUT2D eigenvalue weighted by atomic mass is 19.4. The van der Waals surface area contributed by atoms with Crippen molar-refractivity contribution in [2.24, 2.45) is 13.0 Å². The molecular formula is C29H29F3N6O. The Morgan fingerprint density at radius 3 is 2.59 bits per heavy atom. The number of fused-ring (bicyclic) bond motifs is 1. The standard InChI is InChI=1S/C29H29F3N6O/c1-27(7-4-8-27)34-15-18-9-22-23(24(10-18)29(30,31)32)16-38(25(22)39)21-6-3-5-20(11-21)28(12-19(13-28)14-33)26-36-35-17-37(26)2/h3,5-6,9-11,17,19,34H,4,7-8,12-13,15-16H2,1-2H3/t19-,28-. The number of nitrogens with zero attached hydrogens (tertiary/aromatic N) is 5. The normalized spacial score (nSPS) is 23.6. The van der Waals surface area contributed by atoms with Crippen LogP contribution in [-0.2, 0) is 31.7 Å². The maximum atomic E-state index is 14.2. The molecule has 7 nitrogen and oxygen atoms in total. The molecular weight excluding hydrogens is 505 g/mol. The Morgan fingerprint density at radius 2 is 1.97 bits per heavy atom. The lowest BCUT2D eigenvalue weighted by Gasteiger charge is -2.44. The third-order valence-corrected chi connectivity index (χ3v) is 8.81. The number of amides is 1. The van der Waals surface area contributed by atoms with Gasteiger partial charge in [0.2, 0.25) is 0 Å². The molecule has 0 spiro atoms. The number of carbonyl (C=O) groups excluding carboxylic acids is 1. The van der Waals surface area contributed by atoms with Gasteiger partial charge in [0.25, 0.3) is 5.91 Å². The Kier molecular flexibility index (Phi) is 5.84. The van der Waals surface area contributed by atoms with E-state index in [9.17, 15) is 23.2 Å². The average molecular weight is 535 g/mol.